The summed E-state index contributed by atoms with van der Waals surface area (Å²) in [7, 11) is 1.85. The van der Waals surface area contributed by atoms with Gasteiger partial charge in [0.1, 0.15) is 0 Å². The van der Waals surface area contributed by atoms with Gasteiger partial charge in [0.25, 0.3) is 0 Å². The van der Waals surface area contributed by atoms with Gasteiger partial charge < -0.3 is 10.1 Å². The van der Waals surface area contributed by atoms with Gasteiger partial charge in [0.15, 0.2) is 0 Å². The second kappa shape index (κ2) is 6.24. The van der Waals surface area contributed by atoms with Gasteiger partial charge in [0.2, 0.25) is 0 Å². The van der Waals surface area contributed by atoms with E-state index in [9.17, 15) is 0 Å². The molecule has 1 N–H and O–H groups in total. The van der Waals surface area contributed by atoms with Crippen molar-refractivity contribution in [2.45, 2.75) is 25.5 Å². The molecule has 0 amide bonds. The molecule has 16 heavy (non-hydrogen) atoms. The zero-order valence-corrected chi connectivity index (χ0v) is 11.3. The van der Waals surface area contributed by atoms with E-state index in [0.29, 0.717) is 12.1 Å². The first kappa shape index (κ1) is 12.7. The number of thioether (sulfide) groups is 1. The quantitative estimate of drug-likeness (QED) is 0.802. The van der Waals surface area contributed by atoms with E-state index in [-0.39, 0.29) is 0 Å². The van der Waals surface area contributed by atoms with Crippen LogP contribution in [0.15, 0.2) is 0 Å². The summed E-state index contributed by atoms with van der Waals surface area (Å²) in [4.78, 5) is 2.57. The van der Waals surface area contributed by atoms with Crippen LogP contribution in [0.1, 0.15) is 13.3 Å². The summed E-state index contributed by atoms with van der Waals surface area (Å²) < 4.78 is 5.56. The summed E-state index contributed by atoms with van der Waals surface area (Å²) in [6.45, 7) is 7.03. The third kappa shape index (κ3) is 3.36. The summed E-state index contributed by atoms with van der Waals surface area (Å²) >= 11 is 2.08. The van der Waals surface area contributed by atoms with Gasteiger partial charge in [0, 0.05) is 44.3 Å². The van der Waals surface area contributed by atoms with Crippen LogP contribution in [0.5, 0.6) is 0 Å². The Morgan fingerprint density at radius 2 is 2.38 bits per heavy atom. The molecule has 0 saturated carbocycles. The molecule has 0 bridgehead atoms. The number of hydrogen-bond donors (Lipinski definition) is 1. The van der Waals surface area contributed by atoms with Gasteiger partial charge in [-0.25, -0.2) is 0 Å². The minimum atomic E-state index is 0.435. The van der Waals surface area contributed by atoms with Crippen molar-refractivity contribution in [3.8, 4) is 0 Å². The lowest BCUT2D eigenvalue weighted by Gasteiger charge is -2.38. The summed E-state index contributed by atoms with van der Waals surface area (Å²) in [5.41, 5.74) is 0. The van der Waals surface area contributed by atoms with Crippen LogP contribution in [0, 0.1) is 5.92 Å². The lowest BCUT2D eigenvalue weighted by Crippen LogP contribution is -2.51. The number of piperidine rings is 1. The fourth-order valence-corrected chi connectivity index (χ4v) is 3.56. The molecule has 3 unspecified atom stereocenters. The SMILES string of the molecule is COC1CN(CC2CSCCN2)CCC1C. The maximum Gasteiger partial charge on any atom is 0.0724 e. The molecule has 2 rings (SSSR count). The lowest BCUT2D eigenvalue weighted by atomic mass is 9.95. The number of methoxy groups -OCH3 is 1. The number of rotatable bonds is 3. The van der Waals surface area contributed by atoms with Gasteiger partial charge in [-0.05, 0) is 18.9 Å². The summed E-state index contributed by atoms with van der Waals surface area (Å²) in [6.07, 6.45) is 1.71. The Kier molecular flexibility index (Phi) is 4.95. The van der Waals surface area contributed by atoms with E-state index in [2.05, 4.69) is 28.9 Å². The van der Waals surface area contributed by atoms with Crippen LogP contribution in [0.25, 0.3) is 0 Å². The minimum absolute atomic E-state index is 0.435. The Labute approximate surface area is 103 Å². The molecule has 0 aliphatic carbocycles. The predicted molar refractivity (Wildman–Crippen MR) is 70.1 cm³/mol. The Hall–Kier alpha value is 0.230. The molecule has 3 nitrogen and oxygen atoms in total. The van der Waals surface area contributed by atoms with Crippen LogP contribution in [-0.2, 0) is 4.74 Å². The van der Waals surface area contributed by atoms with Crippen LogP contribution >= 0.6 is 11.8 Å². The zero-order valence-electron chi connectivity index (χ0n) is 10.4. The van der Waals surface area contributed by atoms with Gasteiger partial charge in [-0.1, -0.05) is 6.92 Å². The first-order valence-corrected chi connectivity index (χ1v) is 7.51. The fourth-order valence-electron chi connectivity index (χ4n) is 2.62. The van der Waals surface area contributed by atoms with E-state index in [1.165, 1.54) is 37.6 Å². The monoisotopic (exact) mass is 244 g/mol. The van der Waals surface area contributed by atoms with Crippen molar-refractivity contribution >= 4 is 11.8 Å². The maximum absolute atomic E-state index is 5.56. The first-order chi connectivity index (χ1) is 7.79. The number of hydrogen-bond acceptors (Lipinski definition) is 4. The normalized spacial score (nSPS) is 37.5. The van der Waals surface area contributed by atoms with Crippen LogP contribution in [0.4, 0.5) is 0 Å². The van der Waals surface area contributed by atoms with Crippen LogP contribution in [0.2, 0.25) is 0 Å². The molecule has 2 heterocycles. The van der Waals surface area contributed by atoms with Crippen molar-refractivity contribution in [1.82, 2.24) is 10.2 Å². The smallest absolute Gasteiger partial charge is 0.0724 e. The highest BCUT2D eigenvalue weighted by atomic mass is 32.2. The molecule has 2 aliphatic heterocycles. The van der Waals surface area contributed by atoms with Crippen molar-refractivity contribution in [2.75, 3.05) is 44.8 Å². The standard InChI is InChI=1S/C12H24N2OS/c1-10-3-5-14(8-12(10)15-2)7-11-9-16-6-4-13-11/h10-13H,3-9H2,1-2H3. The minimum Gasteiger partial charge on any atom is -0.380 e. The number of nitrogens with zero attached hydrogens (tertiary/aromatic N) is 1. The number of likely N-dealkylation sites (tertiary alicyclic amines) is 1. The Morgan fingerprint density at radius 3 is 3.06 bits per heavy atom. The average molecular weight is 244 g/mol. The molecule has 0 radical (unpaired) electrons. The maximum atomic E-state index is 5.56. The number of ether oxygens (including phenoxy) is 1. The first-order valence-electron chi connectivity index (χ1n) is 6.36. The Balaban J connectivity index is 1.76. The van der Waals surface area contributed by atoms with E-state index in [0.717, 1.165) is 12.5 Å². The molecule has 2 aliphatic rings. The molecular weight excluding hydrogens is 220 g/mol. The molecule has 0 aromatic rings. The van der Waals surface area contributed by atoms with Crippen LogP contribution in [0.3, 0.4) is 0 Å². The second-order valence-corrected chi connectivity index (χ2v) is 6.18. The fraction of sp³-hybridized carbons (Fsp3) is 1.00. The van der Waals surface area contributed by atoms with Crippen LogP contribution < -0.4 is 5.32 Å². The highest BCUT2D eigenvalue weighted by molar-refractivity contribution is 7.99. The van der Waals surface area contributed by atoms with Gasteiger partial charge >= 0.3 is 0 Å². The van der Waals surface area contributed by atoms with E-state index in [1.807, 2.05) is 7.11 Å². The molecule has 3 atom stereocenters. The zero-order chi connectivity index (χ0) is 11.4. The number of nitrogens with one attached hydrogen (secondary N) is 1. The second-order valence-electron chi connectivity index (χ2n) is 5.03. The van der Waals surface area contributed by atoms with Gasteiger partial charge in [0.05, 0.1) is 6.10 Å². The molecule has 0 aromatic heterocycles. The van der Waals surface area contributed by atoms with Crippen molar-refractivity contribution < 1.29 is 4.74 Å². The Morgan fingerprint density at radius 1 is 1.50 bits per heavy atom. The van der Waals surface area contributed by atoms with Crippen molar-refractivity contribution in [3.05, 3.63) is 0 Å². The van der Waals surface area contributed by atoms with Crippen molar-refractivity contribution in [2.24, 2.45) is 5.92 Å². The summed E-state index contributed by atoms with van der Waals surface area (Å²) in [5.74, 6) is 3.26. The van der Waals surface area contributed by atoms with E-state index >= 15 is 0 Å². The van der Waals surface area contributed by atoms with Crippen molar-refractivity contribution in [1.29, 1.82) is 0 Å². The summed E-state index contributed by atoms with van der Waals surface area (Å²) in [5, 5.41) is 3.61. The van der Waals surface area contributed by atoms with Crippen LogP contribution in [-0.4, -0.2) is 61.8 Å². The van der Waals surface area contributed by atoms with E-state index in [4.69, 9.17) is 4.74 Å². The molecular formula is C12H24N2OS. The summed E-state index contributed by atoms with van der Waals surface area (Å²) in [6, 6.07) is 0.685. The topological polar surface area (TPSA) is 24.5 Å². The molecule has 4 heteroatoms. The predicted octanol–water partition coefficient (Wildman–Crippen LogP) is 1.05. The van der Waals surface area contributed by atoms with Gasteiger partial charge in [-0.2, -0.15) is 11.8 Å². The van der Waals surface area contributed by atoms with Crippen molar-refractivity contribution in [3.63, 3.8) is 0 Å². The molecule has 2 fully saturated rings. The molecule has 2 saturated heterocycles. The molecule has 0 aromatic carbocycles. The highest BCUT2D eigenvalue weighted by Gasteiger charge is 2.27. The van der Waals surface area contributed by atoms with Gasteiger partial charge in [-0.3, -0.25) is 4.90 Å². The third-order valence-corrected chi connectivity index (χ3v) is 4.88. The van der Waals surface area contributed by atoms with Gasteiger partial charge in [-0.15, -0.1) is 0 Å². The Bertz CT molecular complexity index is 209. The largest absolute Gasteiger partial charge is 0.380 e. The van der Waals surface area contributed by atoms with E-state index in [1.54, 1.807) is 0 Å². The molecule has 94 valence electrons. The average Bonchev–Trinajstić information content (AvgIpc) is 2.33. The molecule has 0 spiro atoms. The van der Waals surface area contributed by atoms with E-state index < -0.39 is 0 Å². The highest BCUT2D eigenvalue weighted by Crippen LogP contribution is 2.20. The third-order valence-electron chi connectivity index (χ3n) is 3.75. The lowest BCUT2D eigenvalue weighted by molar-refractivity contribution is -0.00677.